The molecule has 3 heteroatoms. The van der Waals surface area contributed by atoms with Crippen LogP contribution in [0.5, 0.6) is 5.75 Å². The molecule has 1 aromatic carbocycles. The molecule has 2 N–H and O–H groups in total. The standard InChI is InChI=1S/C14H18ClNO/c15-12-3-1-2-11(14(9-16)6-7-14)13(12)17-8-10-4-5-10/h1-3,10H,4-9,16H2. The topological polar surface area (TPSA) is 35.2 Å². The minimum absolute atomic E-state index is 0.143. The monoisotopic (exact) mass is 251 g/mol. The predicted octanol–water partition coefficient (Wildman–Crippen LogP) is 3.12. The Balaban J connectivity index is 1.87. The molecule has 0 spiro atoms. The van der Waals surface area contributed by atoms with Gasteiger partial charge in [0.2, 0.25) is 0 Å². The number of nitrogens with two attached hydrogens (primary N) is 1. The van der Waals surface area contributed by atoms with Crippen LogP contribution in [0.1, 0.15) is 31.2 Å². The van der Waals surface area contributed by atoms with Crippen molar-refractivity contribution in [2.45, 2.75) is 31.1 Å². The van der Waals surface area contributed by atoms with Gasteiger partial charge in [0.25, 0.3) is 0 Å². The van der Waals surface area contributed by atoms with Crippen LogP contribution < -0.4 is 10.5 Å². The number of rotatable bonds is 5. The lowest BCUT2D eigenvalue weighted by atomic mass is 9.95. The molecule has 92 valence electrons. The second-order valence-electron chi connectivity index (χ2n) is 5.36. The van der Waals surface area contributed by atoms with E-state index >= 15 is 0 Å². The van der Waals surface area contributed by atoms with Gasteiger partial charge < -0.3 is 10.5 Å². The fraction of sp³-hybridized carbons (Fsp3) is 0.571. The van der Waals surface area contributed by atoms with Gasteiger partial charge in [-0.25, -0.2) is 0 Å². The smallest absolute Gasteiger partial charge is 0.141 e. The first kappa shape index (κ1) is 11.4. The van der Waals surface area contributed by atoms with E-state index < -0.39 is 0 Å². The molecule has 0 unspecified atom stereocenters. The number of para-hydroxylation sites is 1. The highest BCUT2D eigenvalue weighted by molar-refractivity contribution is 6.32. The van der Waals surface area contributed by atoms with Crippen LogP contribution in [-0.4, -0.2) is 13.2 Å². The van der Waals surface area contributed by atoms with Gasteiger partial charge in [0, 0.05) is 17.5 Å². The molecule has 17 heavy (non-hydrogen) atoms. The molecular weight excluding hydrogens is 234 g/mol. The van der Waals surface area contributed by atoms with Crippen molar-refractivity contribution in [3.63, 3.8) is 0 Å². The van der Waals surface area contributed by atoms with Crippen molar-refractivity contribution in [1.82, 2.24) is 0 Å². The SMILES string of the molecule is NCC1(c2cccc(Cl)c2OCC2CC2)CC1. The first-order valence-corrected chi connectivity index (χ1v) is 6.75. The molecule has 0 aliphatic heterocycles. The predicted molar refractivity (Wildman–Crippen MR) is 69.6 cm³/mol. The molecular formula is C14H18ClNO. The molecule has 0 atom stereocenters. The summed E-state index contributed by atoms with van der Waals surface area (Å²) in [5.41, 5.74) is 7.25. The maximum Gasteiger partial charge on any atom is 0.141 e. The summed E-state index contributed by atoms with van der Waals surface area (Å²) in [5, 5.41) is 0.725. The van der Waals surface area contributed by atoms with E-state index in [9.17, 15) is 0 Å². The minimum Gasteiger partial charge on any atom is -0.491 e. The number of ether oxygens (including phenoxy) is 1. The third-order valence-corrected chi connectivity index (χ3v) is 4.24. The van der Waals surface area contributed by atoms with Crippen LogP contribution in [0, 0.1) is 5.92 Å². The van der Waals surface area contributed by atoms with Gasteiger partial charge in [0.05, 0.1) is 11.6 Å². The maximum atomic E-state index is 6.26. The highest BCUT2D eigenvalue weighted by Crippen LogP contribution is 2.52. The van der Waals surface area contributed by atoms with E-state index in [1.54, 1.807) is 0 Å². The zero-order chi connectivity index (χ0) is 11.9. The third kappa shape index (κ3) is 2.16. The molecule has 0 radical (unpaired) electrons. The molecule has 1 aromatic rings. The molecule has 2 aliphatic carbocycles. The lowest BCUT2D eigenvalue weighted by Gasteiger charge is -2.19. The van der Waals surface area contributed by atoms with Crippen LogP contribution >= 0.6 is 11.6 Å². The van der Waals surface area contributed by atoms with E-state index in [0.717, 1.165) is 36.1 Å². The van der Waals surface area contributed by atoms with Crippen molar-refractivity contribution in [2.75, 3.05) is 13.2 Å². The van der Waals surface area contributed by atoms with E-state index in [1.165, 1.54) is 18.4 Å². The highest BCUT2D eigenvalue weighted by atomic mass is 35.5. The lowest BCUT2D eigenvalue weighted by molar-refractivity contribution is 0.294. The van der Waals surface area contributed by atoms with Gasteiger partial charge in [-0.15, -0.1) is 0 Å². The number of hydrogen-bond donors (Lipinski definition) is 1. The summed E-state index contributed by atoms with van der Waals surface area (Å²) in [6.07, 6.45) is 4.90. The normalized spacial score (nSPS) is 21.3. The molecule has 0 heterocycles. The van der Waals surface area contributed by atoms with Gasteiger partial charge in [0.1, 0.15) is 5.75 Å². The van der Waals surface area contributed by atoms with E-state index in [2.05, 4.69) is 6.07 Å². The van der Waals surface area contributed by atoms with Gasteiger partial charge in [0.15, 0.2) is 0 Å². The average Bonchev–Trinajstić information content (AvgIpc) is 3.22. The summed E-state index contributed by atoms with van der Waals surface area (Å²) < 4.78 is 5.93. The first-order valence-electron chi connectivity index (χ1n) is 6.37. The maximum absolute atomic E-state index is 6.26. The zero-order valence-corrected chi connectivity index (χ0v) is 10.7. The summed E-state index contributed by atoms with van der Waals surface area (Å²) in [6, 6.07) is 6.02. The summed E-state index contributed by atoms with van der Waals surface area (Å²) in [7, 11) is 0. The third-order valence-electron chi connectivity index (χ3n) is 3.94. The van der Waals surface area contributed by atoms with Crippen molar-refractivity contribution in [3.8, 4) is 5.75 Å². The number of halogens is 1. The Kier molecular flexibility index (Phi) is 2.80. The largest absolute Gasteiger partial charge is 0.491 e. The van der Waals surface area contributed by atoms with Gasteiger partial charge >= 0.3 is 0 Å². The van der Waals surface area contributed by atoms with Gasteiger partial charge in [-0.2, -0.15) is 0 Å². The molecule has 3 rings (SSSR count). The summed E-state index contributed by atoms with van der Waals surface area (Å²) in [4.78, 5) is 0. The quantitative estimate of drug-likeness (QED) is 0.873. The van der Waals surface area contributed by atoms with Crippen LogP contribution in [0.4, 0.5) is 0 Å². The van der Waals surface area contributed by atoms with E-state index in [-0.39, 0.29) is 5.41 Å². The van der Waals surface area contributed by atoms with Crippen LogP contribution in [0.15, 0.2) is 18.2 Å². The molecule has 2 aliphatic rings. The van der Waals surface area contributed by atoms with Crippen molar-refractivity contribution in [1.29, 1.82) is 0 Å². The van der Waals surface area contributed by atoms with Gasteiger partial charge in [-0.1, -0.05) is 23.7 Å². The molecule has 0 saturated heterocycles. The second kappa shape index (κ2) is 4.18. The summed E-state index contributed by atoms with van der Waals surface area (Å²) >= 11 is 6.26. The zero-order valence-electron chi connectivity index (χ0n) is 9.92. The summed E-state index contributed by atoms with van der Waals surface area (Å²) in [6.45, 7) is 1.49. The molecule has 0 amide bonds. The Hall–Kier alpha value is -0.730. The van der Waals surface area contributed by atoms with Crippen LogP contribution in [0.25, 0.3) is 0 Å². The molecule has 2 nitrogen and oxygen atoms in total. The lowest BCUT2D eigenvalue weighted by Crippen LogP contribution is -2.21. The van der Waals surface area contributed by atoms with Gasteiger partial charge in [-0.05, 0) is 37.7 Å². The Bertz CT molecular complexity index is 424. The van der Waals surface area contributed by atoms with E-state index in [1.807, 2.05) is 12.1 Å². The Morgan fingerprint density at radius 1 is 1.35 bits per heavy atom. The summed E-state index contributed by atoms with van der Waals surface area (Å²) in [5.74, 6) is 1.62. The Labute approximate surface area is 107 Å². The van der Waals surface area contributed by atoms with E-state index in [4.69, 9.17) is 22.1 Å². The second-order valence-corrected chi connectivity index (χ2v) is 5.76. The highest BCUT2D eigenvalue weighted by Gasteiger charge is 2.45. The molecule has 0 aromatic heterocycles. The molecule has 0 bridgehead atoms. The average molecular weight is 252 g/mol. The van der Waals surface area contributed by atoms with Crippen LogP contribution in [-0.2, 0) is 5.41 Å². The first-order chi connectivity index (χ1) is 8.25. The number of hydrogen-bond acceptors (Lipinski definition) is 2. The Morgan fingerprint density at radius 2 is 2.12 bits per heavy atom. The molecule has 2 fully saturated rings. The van der Waals surface area contributed by atoms with Crippen molar-refractivity contribution >= 4 is 11.6 Å². The van der Waals surface area contributed by atoms with Crippen LogP contribution in [0.2, 0.25) is 5.02 Å². The number of benzene rings is 1. The van der Waals surface area contributed by atoms with E-state index in [0.29, 0.717) is 6.54 Å². The van der Waals surface area contributed by atoms with Crippen LogP contribution in [0.3, 0.4) is 0 Å². The minimum atomic E-state index is 0.143. The van der Waals surface area contributed by atoms with Crippen molar-refractivity contribution in [3.05, 3.63) is 28.8 Å². The Morgan fingerprint density at radius 3 is 2.71 bits per heavy atom. The van der Waals surface area contributed by atoms with Crippen molar-refractivity contribution < 1.29 is 4.74 Å². The fourth-order valence-corrected chi connectivity index (χ4v) is 2.52. The van der Waals surface area contributed by atoms with Gasteiger partial charge in [-0.3, -0.25) is 0 Å². The van der Waals surface area contributed by atoms with Crippen molar-refractivity contribution in [2.24, 2.45) is 11.7 Å². The molecule has 2 saturated carbocycles. The fourth-order valence-electron chi connectivity index (χ4n) is 2.29.